The number of rotatable bonds is 3. The van der Waals surface area contributed by atoms with Crippen LogP contribution in [0.3, 0.4) is 0 Å². The molecule has 1 aliphatic rings. The highest BCUT2D eigenvalue weighted by Gasteiger charge is 2.26. The third-order valence-electron chi connectivity index (χ3n) is 3.85. The molecule has 1 saturated heterocycles. The SMILES string of the molecule is CC(C)(C)OC(=O)NC1CCCN(C(=O)Cc2ccc(F)cc2Br)C1. The van der Waals surface area contributed by atoms with E-state index in [1.165, 1.54) is 12.1 Å². The zero-order valence-electron chi connectivity index (χ0n) is 14.8. The van der Waals surface area contributed by atoms with Crippen LogP contribution in [0.2, 0.25) is 0 Å². The second kappa shape index (κ2) is 8.17. The molecule has 5 nitrogen and oxygen atoms in total. The number of nitrogens with zero attached hydrogens (tertiary/aromatic N) is 1. The van der Waals surface area contributed by atoms with Crippen molar-refractivity contribution in [2.75, 3.05) is 13.1 Å². The number of ether oxygens (including phenoxy) is 1. The van der Waals surface area contributed by atoms with Gasteiger partial charge in [-0.25, -0.2) is 9.18 Å². The Morgan fingerprint density at radius 3 is 2.76 bits per heavy atom. The van der Waals surface area contributed by atoms with Crippen molar-refractivity contribution in [1.29, 1.82) is 0 Å². The maximum absolute atomic E-state index is 13.2. The molecule has 0 aromatic heterocycles. The van der Waals surface area contributed by atoms with Crippen LogP contribution in [0.25, 0.3) is 0 Å². The van der Waals surface area contributed by atoms with E-state index in [0.717, 1.165) is 18.4 Å². The molecule has 1 aliphatic heterocycles. The van der Waals surface area contributed by atoms with E-state index in [1.54, 1.807) is 11.0 Å². The number of nitrogens with one attached hydrogen (secondary N) is 1. The van der Waals surface area contributed by atoms with Crippen molar-refractivity contribution in [3.8, 4) is 0 Å². The van der Waals surface area contributed by atoms with Gasteiger partial charge in [-0.15, -0.1) is 0 Å². The minimum atomic E-state index is -0.552. The summed E-state index contributed by atoms with van der Waals surface area (Å²) < 4.78 is 19.0. The Morgan fingerprint density at radius 1 is 1.40 bits per heavy atom. The van der Waals surface area contributed by atoms with E-state index >= 15 is 0 Å². The average molecular weight is 415 g/mol. The van der Waals surface area contributed by atoms with Crippen molar-refractivity contribution < 1.29 is 18.7 Å². The molecule has 1 atom stereocenters. The Hall–Kier alpha value is -1.63. The van der Waals surface area contributed by atoms with Gasteiger partial charge in [0.2, 0.25) is 5.91 Å². The van der Waals surface area contributed by atoms with Gasteiger partial charge in [0, 0.05) is 23.6 Å². The smallest absolute Gasteiger partial charge is 0.407 e. The minimum Gasteiger partial charge on any atom is -0.444 e. The molecule has 7 heteroatoms. The predicted octanol–water partition coefficient (Wildman–Crippen LogP) is 3.65. The second-order valence-electron chi connectivity index (χ2n) is 7.24. The van der Waals surface area contributed by atoms with Crippen LogP contribution in [0.15, 0.2) is 22.7 Å². The first-order valence-corrected chi connectivity index (χ1v) is 9.14. The van der Waals surface area contributed by atoms with Gasteiger partial charge in [-0.05, 0) is 51.3 Å². The molecule has 1 aromatic rings. The highest BCUT2D eigenvalue weighted by molar-refractivity contribution is 9.10. The fourth-order valence-electron chi connectivity index (χ4n) is 2.74. The third-order valence-corrected chi connectivity index (χ3v) is 4.59. The van der Waals surface area contributed by atoms with E-state index in [1.807, 2.05) is 20.8 Å². The quantitative estimate of drug-likeness (QED) is 0.820. The van der Waals surface area contributed by atoms with Crippen molar-refractivity contribution in [2.24, 2.45) is 0 Å². The number of likely N-dealkylation sites (tertiary alicyclic amines) is 1. The van der Waals surface area contributed by atoms with Gasteiger partial charge in [-0.3, -0.25) is 4.79 Å². The predicted molar refractivity (Wildman–Crippen MR) is 96.8 cm³/mol. The number of alkyl carbamates (subject to hydrolysis) is 1. The van der Waals surface area contributed by atoms with E-state index in [9.17, 15) is 14.0 Å². The van der Waals surface area contributed by atoms with E-state index in [4.69, 9.17) is 4.74 Å². The summed E-state index contributed by atoms with van der Waals surface area (Å²) >= 11 is 3.29. The molecule has 0 spiro atoms. The molecule has 0 radical (unpaired) electrons. The van der Waals surface area contributed by atoms with Crippen molar-refractivity contribution in [2.45, 2.75) is 51.7 Å². The number of benzene rings is 1. The molecule has 1 N–H and O–H groups in total. The van der Waals surface area contributed by atoms with Crippen LogP contribution in [0.5, 0.6) is 0 Å². The van der Waals surface area contributed by atoms with Gasteiger partial charge in [0.25, 0.3) is 0 Å². The standard InChI is InChI=1S/C18H24BrFN2O3/c1-18(2,3)25-17(24)21-14-5-4-8-22(11-14)16(23)9-12-6-7-13(20)10-15(12)19/h6-7,10,14H,4-5,8-9,11H2,1-3H3,(H,21,24). The molecule has 1 heterocycles. The number of hydrogen-bond donors (Lipinski definition) is 1. The molecule has 1 unspecified atom stereocenters. The van der Waals surface area contributed by atoms with E-state index < -0.39 is 11.7 Å². The maximum atomic E-state index is 13.2. The van der Waals surface area contributed by atoms with Crippen LogP contribution < -0.4 is 5.32 Å². The lowest BCUT2D eigenvalue weighted by Gasteiger charge is -2.33. The second-order valence-corrected chi connectivity index (χ2v) is 8.09. The molecule has 0 aliphatic carbocycles. The Bertz CT molecular complexity index is 646. The molecule has 25 heavy (non-hydrogen) atoms. The van der Waals surface area contributed by atoms with Crippen LogP contribution in [-0.4, -0.2) is 41.6 Å². The topological polar surface area (TPSA) is 58.6 Å². The lowest BCUT2D eigenvalue weighted by Crippen LogP contribution is -2.50. The number of carbonyl (C=O) groups excluding carboxylic acids is 2. The summed E-state index contributed by atoms with van der Waals surface area (Å²) in [5.74, 6) is -0.384. The van der Waals surface area contributed by atoms with Crippen LogP contribution in [0.1, 0.15) is 39.2 Å². The van der Waals surface area contributed by atoms with Crippen molar-refractivity contribution in [3.63, 3.8) is 0 Å². The Balaban J connectivity index is 1.91. The highest BCUT2D eigenvalue weighted by Crippen LogP contribution is 2.20. The van der Waals surface area contributed by atoms with Gasteiger partial charge in [-0.2, -0.15) is 0 Å². The van der Waals surface area contributed by atoms with E-state index in [0.29, 0.717) is 17.6 Å². The minimum absolute atomic E-state index is 0.0389. The molecule has 138 valence electrons. The summed E-state index contributed by atoms with van der Waals surface area (Å²) in [6.07, 6.45) is 1.35. The van der Waals surface area contributed by atoms with Crippen LogP contribution in [0, 0.1) is 5.82 Å². The van der Waals surface area contributed by atoms with Gasteiger partial charge in [-0.1, -0.05) is 22.0 Å². The van der Waals surface area contributed by atoms with E-state index in [2.05, 4.69) is 21.2 Å². The summed E-state index contributed by atoms with van der Waals surface area (Å²) in [7, 11) is 0. The Morgan fingerprint density at radius 2 is 2.12 bits per heavy atom. The van der Waals surface area contributed by atoms with Gasteiger partial charge in [0.05, 0.1) is 6.42 Å². The van der Waals surface area contributed by atoms with Crippen molar-refractivity contribution in [3.05, 3.63) is 34.1 Å². The number of piperidine rings is 1. The molecule has 0 bridgehead atoms. The van der Waals surface area contributed by atoms with Gasteiger partial charge >= 0.3 is 6.09 Å². The molecular weight excluding hydrogens is 391 g/mol. The molecule has 0 saturated carbocycles. The van der Waals surface area contributed by atoms with Crippen molar-refractivity contribution >= 4 is 27.9 Å². The number of carbonyl (C=O) groups is 2. The zero-order chi connectivity index (χ0) is 18.6. The molecule has 2 rings (SSSR count). The van der Waals surface area contributed by atoms with Gasteiger partial charge in [0.15, 0.2) is 0 Å². The summed E-state index contributed by atoms with van der Waals surface area (Å²) in [5, 5.41) is 2.83. The van der Waals surface area contributed by atoms with Gasteiger partial charge in [0.1, 0.15) is 11.4 Å². The number of halogens is 2. The zero-order valence-corrected chi connectivity index (χ0v) is 16.4. The van der Waals surface area contributed by atoms with Crippen LogP contribution in [0.4, 0.5) is 9.18 Å². The molecule has 2 amide bonds. The first-order chi connectivity index (χ1) is 11.6. The van der Waals surface area contributed by atoms with Gasteiger partial charge < -0.3 is 15.0 Å². The number of hydrogen-bond acceptors (Lipinski definition) is 3. The largest absolute Gasteiger partial charge is 0.444 e. The Labute approximate surface area is 156 Å². The lowest BCUT2D eigenvalue weighted by atomic mass is 10.0. The summed E-state index contributed by atoms with van der Waals surface area (Å²) in [6, 6.07) is 4.18. The monoisotopic (exact) mass is 414 g/mol. The molecule has 1 fully saturated rings. The Kier molecular flexibility index (Phi) is 6.43. The average Bonchev–Trinajstić information content (AvgIpc) is 2.48. The molecular formula is C18H24BrFN2O3. The normalized spacial score (nSPS) is 18.0. The fourth-order valence-corrected chi connectivity index (χ4v) is 3.23. The first-order valence-electron chi connectivity index (χ1n) is 8.35. The van der Waals surface area contributed by atoms with Crippen molar-refractivity contribution in [1.82, 2.24) is 10.2 Å². The summed E-state index contributed by atoms with van der Waals surface area (Å²) in [6.45, 7) is 6.54. The molecule has 1 aromatic carbocycles. The third kappa shape index (κ3) is 6.30. The first kappa shape index (κ1) is 19.7. The lowest BCUT2D eigenvalue weighted by molar-refractivity contribution is -0.131. The maximum Gasteiger partial charge on any atom is 0.407 e. The van der Waals surface area contributed by atoms with Crippen LogP contribution in [-0.2, 0) is 16.0 Å². The fraction of sp³-hybridized carbons (Fsp3) is 0.556. The summed E-state index contributed by atoms with van der Waals surface area (Å²) in [4.78, 5) is 26.2. The number of amides is 2. The van der Waals surface area contributed by atoms with Crippen LogP contribution >= 0.6 is 15.9 Å². The summed E-state index contributed by atoms with van der Waals surface area (Å²) in [5.41, 5.74) is 0.192. The van der Waals surface area contributed by atoms with E-state index in [-0.39, 0.29) is 24.2 Å². The highest BCUT2D eigenvalue weighted by atomic mass is 79.9.